The Morgan fingerprint density at radius 2 is 2.00 bits per heavy atom. The first-order valence-electron chi connectivity index (χ1n) is 7.93. The molecule has 0 spiro atoms. The van der Waals surface area contributed by atoms with Gasteiger partial charge in [-0.05, 0) is 25.1 Å². The van der Waals surface area contributed by atoms with Crippen LogP contribution in [0.4, 0.5) is 0 Å². The number of hydrogen-bond donors (Lipinski definition) is 2. The molecule has 5 nitrogen and oxygen atoms in total. The summed E-state index contributed by atoms with van der Waals surface area (Å²) in [5, 5.41) is 1.70. The first-order chi connectivity index (χ1) is 12.2. The maximum absolute atomic E-state index is 12.7. The van der Waals surface area contributed by atoms with Crippen LogP contribution in [-0.4, -0.2) is 33.6 Å². The van der Waals surface area contributed by atoms with Crippen molar-refractivity contribution in [1.82, 2.24) is 15.0 Å². The van der Waals surface area contributed by atoms with Crippen LogP contribution in [0, 0.1) is 6.92 Å². The third-order valence-electron chi connectivity index (χ3n) is 4.18. The topological polar surface area (TPSA) is 70.8 Å². The van der Waals surface area contributed by atoms with E-state index in [2.05, 4.69) is 15.0 Å². The first kappa shape index (κ1) is 15.8. The highest BCUT2D eigenvalue weighted by atomic mass is 32.2. The summed E-state index contributed by atoms with van der Waals surface area (Å²) in [4.78, 5) is 23.8. The Balaban J connectivity index is 1.56. The Bertz CT molecular complexity index is 1080. The number of nitrogens with one attached hydrogen (secondary N) is 2. The van der Waals surface area contributed by atoms with Crippen LogP contribution in [0.5, 0.6) is 5.75 Å². The molecule has 0 saturated heterocycles. The molecule has 0 saturated carbocycles. The van der Waals surface area contributed by atoms with E-state index in [1.807, 2.05) is 49.4 Å². The van der Waals surface area contributed by atoms with Gasteiger partial charge in [0.2, 0.25) is 0 Å². The van der Waals surface area contributed by atoms with E-state index in [1.54, 1.807) is 7.11 Å². The number of aryl methyl sites for hydroxylation is 1. The summed E-state index contributed by atoms with van der Waals surface area (Å²) in [7, 11) is 1.63. The number of ether oxygens (including phenoxy) is 1. The number of imidazole rings is 1. The Morgan fingerprint density at radius 1 is 1.16 bits per heavy atom. The molecule has 25 heavy (non-hydrogen) atoms. The average molecular weight is 351 g/mol. The van der Waals surface area contributed by atoms with Gasteiger partial charge in [-0.25, -0.2) is 4.98 Å². The van der Waals surface area contributed by atoms with Crippen molar-refractivity contribution in [1.29, 1.82) is 0 Å². The lowest BCUT2D eigenvalue weighted by Gasteiger charge is -2.00. The van der Waals surface area contributed by atoms with E-state index >= 15 is 0 Å². The second-order valence-corrected chi connectivity index (χ2v) is 6.77. The van der Waals surface area contributed by atoms with Gasteiger partial charge in [-0.2, -0.15) is 0 Å². The summed E-state index contributed by atoms with van der Waals surface area (Å²) in [6.45, 7) is 1.94. The summed E-state index contributed by atoms with van der Waals surface area (Å²) < 4.78 is 5.22. The van der Waals surface area contributed by atoms with Gasteiger partial charge in [-0.1, -0.05) is 30.0 Å². The minimum Gasteiger partial charge on any atom is -0.497 e. The van der Waals surface area contributed by atoms with Crippen LogP contribution in [0.2, 0.25) is 0 Å². The summed E-state index contributed by atoms with van der Waals surface area (Å²) in [5.41, 5.74) is 4.42. The summed E-state index contributed by atoms with van der Waals surface area (Å²) in [5.74, 6) is 1.20. The van der Waals surface area contributed by atoms with Crippen molar-refractivity contribution < 1.29 is 9.53 Å². The molecule has 0 fully saturated rings. The number of nitrogens with zero attached hydrogens (tertiary/aromatic N) is 1. The minimum absolute atomic E-state index is 0.0954. The van der Waals surface area contributed by atoms with Gasteiger partial charge in [0.25, 0.3) is 0 Å². The maximum Gasteiger partial charge on any atom is 0.175 e. The van der Waals surface area contributed by atoms with Crippen molar-refractivity contribution in [2.75, 3.05) is 12.9 Å². The van der Waals surface area contributed by atoms with Crippen molar-refractivity contribution in [3.05, 3.63) is 53.7 Å². The number of ketones is 1. The van der Waals surface area contributed by atoms with E-state index < -0.39 is 0 Å². The number of carbonyl (C=O) groups excluding carboxylic acids is 1. The van der Waals surface area contributed by atoms with Crippen LogP contribution in [0.3, 0.4) is 0 Å². The third kappa shape index (κ3) is 2.89. The number of Topliss-reactive ketones (excluding diaryl/α,β-unsaturated/α-hetero) is 1. The van der Waals surface area contributed by atoms with E-state index in [4.69, 9.17) is 4.74 Å². The SMILES string of the molecule is COc1ccc2nc(SCC(=O)c3c(C)[nH]c4ccccc34)[nH]c2c1. The van der Waals surface area contributed by atoms with Gasteiger partial charge in [-0.15, -0.1) is 0 Å². The predicted molar refractivity (Wildman–Crippen MR) is 101 cm³/mol. The van der Waals surface area contributed by atoms with Crippen LogP contribution >= 0.6 is 11.8 Å². The molecule has 0 atom stereocenters. The Kier molecular flexibility index (Phi) is 3.97. The standard InChI is InChI=1S/C19H17N3O2S/c1-11-18(13-5-3-4-6-14(13)20-11)17(23)10-25-19-21-15-8-7-12(24-2)9-16(15)22-19/h3-9,20H,10H2,1-2H3,(H,21,22). The molecule has 0 aliphatic heterocycles. The smallest absolute Gasteiger partial charge is 0.175 e. The number of H-pyrrole nitrogens is 2. The molecule has 2 aromatic carbocycles. The lowest BCUT2D eigenvalue weighted by molar-refractivity contribution is 0.102. The van der Waals surface area contributed by atoms with Gasteiger partial charge in [0.15, 0.2) is 10.9 Å². The molecular weight excluding hydrogens is 334 g/mol. The second-order valence-electron chi connectivity index (χ2n) is 5.81. The molecule has 126 valence electrons. The Morgan fingerprint density at radius 3 is 2.84 bits per heavy atom. The average Bonchev–Trinajstić information content (AvgIpc) is 3.18. The van der Waals surface area contributed by atoms with E-state index in [0.717, 1.165) is 44.1 Å². The lowest BCUT2D eigenvalue weighted by atomic mass is 10.1. The summed E-state index contributed by atoms with van der Waals surface area (Å²) in [6.07, 6.45) is 0. The lowest BCUT2D eigenvalue weighted by Crippen LogP contribution is -2.03. The molecule has 6 heteroatoms. The molecular formula is C19H17N3O2S. The predicted octanol–water partition coefficient (Wildman–Crippen LogP) is 4.34. The van der Waals surface area contributed by atoms with Crippen LogP contribution in [0.1, 0.15) is 16.1 Å². The van der Waals surface area contributed by atoms with Crippen LogP contribution in [0.15, 0.2) is 47.6 Å². The number of hydrogen-bond acceptors (Lipinski definition) is 4. The number of para-hydroxylation sites is 1. The Labute approximate surface area is 148 Å². The van der Waals surface area contributed by atoms with Gasteiger partial charge >= 0.3 is 0 Å². The normalized spacial score (nSPS) is 11.3. The number of methoxy groups -OCH3 is 1. The quantitative estimate of drug-likeness (QED) is 0.414. The van der Waals surface area contributed by atoms with Crippen molar-refractivity contribution in [3.8, 4) is 5.75 Å². The number of fused-ring (bicyclic) bond motifs is 2. The first-order valence-corrected chi connectivity index (χ1v) is 8.91. The van der Waals surface area contributed by atoms with Gasteiger partial charge in [0.05, 0.1) is 23.9 Å². The fourth-order valence-corrected chi connectivity index (χ4v) is 3.76. The minimum atomic E-state index is 0.0954. The Hall–Kier alpha value is -2.73. The third-order valence-corrected chi connectivity index (χ3v) is 5.05. The molecule has 4 aromatic rings. The maximum atomic E-state index is 12.7. The number of aromatic nitrogens is 3. The molecule has 0 aliphatic carbocycles. The fraction of sp³-hybridized carbons (Fsp3) is 0.158. The van der Waals surface area contributed by atoms with Crippen LogP contribution < -0.4 is 4.74 Å². The largest absolute Gasteiger partial charge is 0.497 e. The van der Waals surface area contributed by atoms with Gasteiger partial charge in [-0.3, -0.25) is 4.79 Å². The van der Waals surface area contributed by atoms with Crippen molar-refractivity contribution in [2.24, 2.45) is 0 Å². The van der Waals surface area contributed by atoms with Gasteiger partial charge < -0.3 is 14.7 Å². The highest BCUT2D eigenvalue weighted by Crippen LogP contribution is 2.26. The molecule has 4 rings (SSSR count). The molecule has 0 radical (unpaired) electrons. The zero-order valence-electron chi connectivity index (χ0n) is 13.9. The van der Waals surface area contributed by atoms with E-state index in [0.29, 0.717) is 5.75 Å². The number of carbonyl (C=O) groups is 1. The van der Waals surface area contributed by atoms with E-state index in [-0.39, 0.29) is 5.78 Å². The molecule has 0 amide bonds. The number of thioether (sulfide) groups is 1. The van der Waals surface area contributed by atoms with Crippen molar-refractivity contribution in [3.63, 3.8) is 0 Å². The summed E-state index contributed by atoms with van der Waals surface area (Å²) >= 11 is 1.41. The highest BCUT2D eigenvalue weighted by molar-refractivity contribution is 7.99. The molecule has 0 aliphatic rings. The number of benzene rings is 2. The molecule has 0 unspecified atom stereocenters. The summed E-state index contributed by atoms with van der Waals surface area (Å²) in [6, 6.07) is 13.6. The number of aromatic amines is 2. The van der Waals surface area contributed by atoms with Crippen LogP contribution in [0.25, 0.3) is 21.9 Å². The van der Waals surface area contributed by atoms with Crippen LogP contribution in [-0.2, 0) is 0 Å². The van der Waals surface area contributed by atoms with Gasteiger partial charge in [0.1, 0.15) is 5.75 Å². The molecule has 2 heterocycles. The van der Waals surface area contributed by atoms with Gasteiger partial charge in [0, 0.05) is 28.2 Å². The fourth-order valence-electron chi connectivity index (χ4n) is 3.00. The number of rotatable bonds is 5. The highest BCUT2D eigenvalue weighted by Gasteiger charge is 2.16. The molecule has 0 bridgehead atoms. The van der Waals surface area contributed by atoms with Crippen molar-refractivity contribution in [2.45, 2.75) is 12.1 Å². The zero-order valence-corrected chi connectivity index (χ0v) is 14.7. The molecule has 2 N–H and O–H groups in total. The molecule has 2 aromatic heterocycles. The van der Waals surface area contributed by atoms with E-state index in [1.165, 1.54) is 11.8 Å². The second kappa shape index (κ2) is 6.29. The monoisotopic (exact) mass is 351 g/mol. The zero-order chi connectivity index (χ0) is 17.4. The van der Waals surface area contributed by atoms with E-state index in [9.17, 15) is 4.79 Å². The van der Waals surface area contributed by atoms with Crippen molar-refractivity contribution >= 4 is 39.5 Å².